The maximum absolute atomic E-state index is 12.6. The first-order valence-corrected chi connectivity index (χ1v) is 9.10. The van der Waals surface area contributed by atoms with Crippen molar-refractivity contribution in [3.8, 4) is 5.75 Å². The molecule has 1 heterocycles. The van der Waals surface area contributed by atoms with Crippen molar-refractivity contribution < 1.29 is 9.53 Å². The third-order valence-electron chi connectivity index (χ3n) is 4.56. The number of hydrogen-bond donors (Lipinski definition) is 1. The van der Waals surface area contributed by atoms with Gasteiger partial charge in [0, 0.05) is 12.1 Å². The Labute approximate surface area is 160 Å². The van der Waals surface area contributed by atoms with Gasteiger partial charge in [0.1, 0.15) is 12.4 Å². The van der Waals surface area contributed by atoms with E-state index in [2.05, 4.69) is 23.4 Å². The Morgan fingerprint density at radius 3 is 2.67 bits per heavy atom. The van der Waals surface area contributed by atoms with E-state index in [1.165, 1.54) is 5.56 Å². The Hall–Kier alpha value is -3.08. The van der Waals surface area contributed by atoms with Crippen LogP contribution < -0.4 is 10.1 Å². The number of aryl methyl sites for hydroxylation is 3. The van der Waals surface area contributed by atoms with E-state index in [1.54, 1.807) is 12.3 Å². The second-order valence-electron chi connectivity index (χ2n) is 6.67. The molecule has 0 radical (unpaired) electrons. The average molecular weight is 363 g/mol. The van der Waals surface area contributed by atoms with E-state index in [-0.39, 0.29) is 5.91 Å². The van der Waals surface area contributed by atoms with E-state index < -0.39 is 0 Å². The van der Waals surface area contributed by atoms with Gasteiger partial charge in [-0.3, -0.25) is 9.48 Å². The minimum Gasteiger partial charge on any atom is -0.489 e. The highest BCUT2D eigenvalue weighted by molar-refractivity contribution is 6.04. The maximum atomic E-state index is 12.6. The molecular weight excluding hydrogens is 338 g/mol. The van der Waals surface area contributed by atoms with Gasteiger partial charge in [0.25, 0.3) is 5.91 Å². The van der Waals surface area contributed by atoms with Crippen LogP contribution in [-0.4, -0.2) is 15.7 Å². The van der Waals surface area contributed by atoms with E-state index in [4.69, 9.17) is 4.74 Å². The van der Waals surface area contributed by atoms with Gasteiger partial charge in [0.2, 0.25) is 0 Å². The van der Waals surface area contributed by atoms with Crippen LogP contribution in [-0.2, 0) is 13.2 Å². The SMILES string of the molecule is CCn1ncc(NC(=O)c2cccc(COc3ccc(C)cc3C)c2)c1C. The monoisotopic (exact) mass is 363 g/mol. The summed E-state index contributed by atoms with van der Waals surface area (Å²) in [4.78, 5) is 12.6. The van der Waals surface area contributed by atoms with Crippen LogP contribution in [0, 0.1) is 20.8 Å². The molecule has 0 saturated heterocycles. The van der Waals surface area contributed by atoms with Crippen LogP contribution in [0.1, 0.15) is 39.7 Å². The Morgan fingerprint density at radius 2 is 1.96 bits per heavy atom. The molecule has 0 spiro atoms. The summed E-state index contributed by atoms with van der Waals surface area (Å²) in [5.41, 5.74) is 5.54. The zero-order chi connectivity index (χ0) is 19.4. The van der Waals surface area contributed by atoms with E-state index in [0.717, 1.165) is 34.8 Å². The molecule has 3 rings (SSSR count). The van der Waals surface area contributed by atoms with Gasteiger partial charge in [-0.1, -0.05) is 29.8 Å². The minimum atomic E-state index is -0.151. The zero-order valence-electron chi connectivity index (χ0n) is 16.2. The molecule has 1 amide bonds. The molecule has 3 aromatic rings. The molecule has 5 heteroatoms. The van der Waals surface area contributed by atoms with Gasteiger partial charge in [-0.15, -0.1) is 0 Å². The number of aromatic nitrogens is 2. The lowest BCUT2D eigenvalue weighted by Crippen LogP contribution is -2.13. The minimum absolute atomic E-state index is 0.151. The maximum Gasteiger partial charge on any atom is 0.255 e. The van der Waals surface area contributed by atoms with Crippen molar-refractivity contribution in [2.45, 2.75) is 40.8 Å². The van der Waals surface area contributed by atoms with Crippen LogP contribution in [0.15, 0.2) is 48.7 Å². The summed E-state index contributed by atoms with van der Waals surface area (Å²) in [5.74, 6) is 0.708. The van der Waals surface area contributed by atoms with Crippen LogP contribution in [0.25, 0.3) is 0 Å². The molecule has 0 aliphatic rings. The lowest BCUT2D eigenvalue weighted by Gasteiger charge is -2.11. The second kappa shape index (κ2) is 8.08. The number of ether oxygens (including phenoxy) is 1. The summed E-state index contributed by atoms with van der Waals surface area (Å²) in [7, 11) is 0. The molecule has 1 aromatic heterocycles. The van der Waals surface area contributed by atoms with Gasteiger partial charge in [0.05, 0.1) is 17.6 Å². The molecule has 0 saturated carbocycles. The highest BCUT2D eigenvalue weighted by Gasteiger charge is 2.11. The number of anilines is 1. The summed E-state index contributed by atoms with van der Waals surface area (Å²) in [5, 5.41) is 7.19. The third-order valence-corrected chi connectivity index (χ3v) is 4.56. The van der Waals surface area contributed by atoms with Crippen molar-refractivity contribution in [3.63, 3.8) is 0 Å². The standard InChI is InChI=1S/C22H25N3O2/c1-5-25-17(4)20(13-23-25)24-22(26)19-8-6-7-18(12-19)14-27-21-10-9-15(2)11-16(21)3/h6-13H,5,14H2,1-4H3,(H,24,26). The number of nitrogens with zero attached hydrogens (tertiary/aromatic N) is 2. The van der Waals surface area contributed by atoms with Crippen molar-refractivity contribution in [1.29, 1.82) is 0 Å². The topological polar surface area (TPSA) is 56.2 Å². The number of rotatable bonds is 6. The molecule has 0 fully saturated rings. The molecule has 0 aliphatic heterocycles. The highest BCUT2D eigenvalue weighted by atomic mass is 16.5. The summed E-state index contributed by atoms with van der Waals surface area (Å²) in [6, 6.07) is 13.6. The summed E-state index contributed by atoms with van der Waals surface area (Å²) in [6.45, 7) is 9.24. The molecular formula is C22H25N3O2. The lowest BCUT2D eigenvalue weighted by molar-refractivity contribution is 0.102. The number of nitrogens with one attached hydrogen (secondary N) is 1. The smallest absolute Gasteiger partial charge is 0.255 e. The molecule has 0 bridgehead atoms. The fraction of sp³-hybridized carbons (Fsp3) is 0.273. The van der Waals surface area contributed by atoms with E-state index in [9.17, 15) is 4.79 Å². The Kier molecular flexibility index (Phi) is 5.60. The van der Waals surface area contributed by atoms with Crippen LogP contribution in [0.5, 0.6) is 5.75 Å². The average Bonchev–Trinajstić information content (AvgIpc) is 3.01. The fourth-order valence-electron chi connectivity index (χ4n) is 3.01. The quantitative estimate of drug-likeness (QED) is 0.693. The highest BCUT2D eigenvalue weighted by Crippen LogP contribution is 2.21. The predicted octanol–water partition coefficient (Wildman–Crippen LogP) is 4.66. The number of benzene rings is 2. The molecule has 5 nitrogen and oxygen atoms in total. The van der Waals surface area contributed by atoms with Crippen molar-refractivity contribution in [3.05, 3.63) is 76.6 Å². The molecule has 0 atom stereocenters. The second-order valence-corrected chi connectivity index (χ2v) is 6.67. The summed E-state index contributed by atoms with van der Waals surface area (Å²) in [6.07, 6.45) is 1.68. The Balaban J connectivity index is 1.69. The summed E-state index contributed by atoms with van der Waals surface area (Å²) < 4.78 is 7.77. The van der Waals surface area contributed by atoms with Crippen molar-refractivity contribution in [1.82, 2.24) is 9.78 Å². The molecule has 2 aromatic carbocycles. The van der Waals surface area contributed by atoms with Crippen molar-refractivity contribution in [2.24, 2.45) is 0 Å². The normalized spacial score (nSPS) is 10.7. The lowest BCUT2D eigenvalue weighted by atomic mass is 10.1. The largest absolute Gasteiger partial charge is 0.489 e. The first kappa shape index (κ1) is 18.7. The number of carbonyl (C=O) groups is 1. The molecule has 0 aliphatic carbocycles. The third kappa shape index (κ3) is 4.37. The van der Waals surface area contributed by atoms with E-state index in [0.29, 0.717) is 12.2 Å². The van der Waals surface area contributed by atoms with Gasteiger partial charge in [0.15, 0.2) is 0 Å². The van der Waals surface area contributed by atoms with Crippen LogP contribution in [0.2, 0.25) is 0 Å². The van der Waals surface area contributed by atoms with Crippen molar-refractivity contribution in [2.75, 3.05) is 5.32 Å². The van der Waals surface area contributed by atoms with E-state index >= 15 is 0 Å². The summed E-state index contributed by atoms with van der Waals surface area (Å²) >= 11 is 0. The molecule has 27 heavy (non-hydrogen) atoms. The van der Waals surface area contributed by atoms with E-state index in [1.807, 2.05) is 55.8 Å². The number of carbonyl (C=O) groups excluding carboxylic acids is 1. The predicted molar refractivity (Wildman–Crippen MR) is 107 cm³/mol. The van der Waals surface area contributed by atoms with Crippen LogP contribution in [0.3, 0.4) is 0 Å². The Bertz CT molecular complexity index is 960. The van der Waals surface area contributed by atoms with Crippen LogP contribution in [0.4, 0.5) is 5.69 Å². The first-order valence-electron chi connectivity index (χ1n) is 9.10. The first-order chi connectivity index (χ1) is 13.0. The van der Waals surface area contributed by atoms with Crippen molar-refractivity contribution >= 4 is 11.6 Å². The molecule has 1 N–H and O–H groups in total. The van der Waals surface area contributed by atoms with Gasteiger partial charge in [-0.25, -0.2) is 0 Å². The molecule has 140 valence electrons. The van der Waals surface area contributed by atoms with Crippen LogP contribution >= 0.6 is 0 Å². The zero-order valence-corrected chi connectivity index (χ0v) is 16.2. The number of amides is 1. The van der Waals surface area contributed by atoms with Gasteiger partial charge < -0.3 is 10.1 Å². The fourth-order valence-corrected chi connectivity index (χ4v) is 3.01. The van der Waals surface area contributed by atoms with Gasteiger partial charge in [-0.2, -0.15) is 5.10 Å². The van der Waals surface area contributed by atoms with Gasteiger partial charge in [-0.05, 0) is 57.0 Å². The number of hydrogen-bond acceptors (Lipinski definition) is 3. The van der Waals surface area contributed by atoms with Gasteiger partial charge >= 0.3 is 0 Å². The Morgan fingerprint density at radius 1 is 1.15 bits per heavy atom. The molecule has 0 unspecified atom stereocenters.